The third-order valence-electron chi connectivity index (χ3n) is 6.16. The average molecular weight is 497 g/mol. The lowest BCUT2D eigenvalue weighted by atomic mass is 9.94. The zero-order valence-corrected chi connectivity index (χ0v) is 20.5. The largest absolute Gasteiger partial charge is 0.494 e. The molecule has 0 bridgehead atoms. The van der Waals surface area contributed by atoms with Gasteiger partial charge in [-0.1, -0.05) is 60.1 Å². The Morgan fingerprint density at radius 2 is 1.72 bits per heavy atom. The number of fused-ring (bicyclic) bond motifs is 1. The molecule has 1 aromatic heterocycles. The summed E-state index contributed by atoms with van der Waals surface area (Å²) in [4.78, 5) is 12.2. The van der Waals surface area contributed by atoms with Crippen LogP contribution in [-0.4, -0.2) is 27.5 Å². The van der Waals surface area contributed by atoms with Crippen molar-refractivity contribution in [2.75, 3.05) is 6.61 Å². The van der Waals surface area contributed by atoms with Crippen molar-refractivity contribution in [1.29, 1.82) is 0 Å². The maximum Gasteiger partial charge on any atom is 0.311 e. The van der Waals surface area contributed by atoms with Crippen molar-refractivity contribution in [2.24, 2.45) is 0 Å². The molecule has 0 fully saturated rings. The van der Waals surface area contributed by atoms with Crippen molar-refractivity contribution in [1.82, 2.24) is 9.78 Å². The second kappa shape index (κ2) is 10.3. The van der Waals surface area contributed by atoms with Crippen LogP contribution in [0.4, 0.5) is 0 Å². The Morgan fingerprint density at radius 1 is 0.944 bits per heavy atom. The molecule has 0 saturated heterocycles. The molecule has 1 heterocycles. The highest BCUT2D eigenvalue weighted by atomic mass is 35.5. The fourth-order valence-corrected chi connectivity index (χ4v) is 4.61. The first-order valence-corrected chi connectivity index (χ1v) is 12.2. The molecule has 0 aliphatic heterocycles. The van der Waals surface area contributed by atoms with E-state index in [9.17, 15) is 9.90 Å². The van der Waals surface area contributed by atoms with Gasteiger partial charge in [-0.3, -0.25) is 4.79 Å². The lowest BCUT2D eigenvalue weighted by Gasteiger charge is -2.12. The van der Waals surface area contributed by atoms with Crippen LogP contribution in [0.2, 0.25) is 5.02 Å². The predicted molar refractivity (Wildman–Crippen MR) is 143 cm³/mol. The first-order valence-electron chi connectivity index (χ1n) is 11.8. The summed E-state index contributed by atoms with van der Waals surface area (Å²) >= 11 is 6.15. The standard InChI is InChI=1S/C30H25ClN2O3/c1-2-36-27-14-12-26(13-15-27)33-29(23-11-10-20-6-3-4-7-21(20)16-23)19-25(32-33)18-28(30(34)35)22-8-5-9-24(31)17-22/h3-17,19,28H,2,18H2,1H3,(H,34,35). The number of carboxylic acids is 1. The molecule has 0 spiro atoms. The maximum absolute atomic E-state index is 12.2. The van der Waals surface area contributed by atoms with Crippen molar-refractivity contribution in [3.63, 3.8) is 0 Å². The molecule has 1 atom stereocenters. The number of nitrogens with zero attached hydrogens (tertiary/aromatic N) is 2. The molecule has 5 aromatic rings. The van der Waals surface area contributed by atoms with Crippen LogP contribution in [0.15, 0.2) is 97.1 Å². The van der Waals surface area contributed by atoms with E-state index in [0.29, 0.717) is 22.9 Å². The van der Waals surface area contributed by atoms with Crippen LogP contribution in [0.1, 0.15) is 24.1 Å². The molecule has 36 heavy (non-hydrogen) atoms. The highest BCUT2D eigenvalue weighted by Crippen LogP contribution is 2.31. The van der Waals surface area contributed by atoms with Crippen LogP contribution < -0.4 is 4.74 Å². The molecule has 5 rings (SSSR count). The van der Waals surface area contributed by atoms with E-state index in [1.165, 1.54) is 0 Å². The predicted octanol–water partition coefficient (Wildman–Crippen LogP) is 7.16. The number of carbonyl (C=O) groups is 1. The summed E-state index contributed by atoms with van der Waals surface area (Å²) in [5.41, 5.74) is 4.07. The van der Waals surface area contributed by atoms with Crippen LogP contribution in [-0.2, 0) is 11.2 Å². The van der Waals surface area contributed by atoms with Crippen molar-refractivity contribution in [2.45, 2.75) is 19.3 Å². The monoisotopic (exact) mass is 496 g/mol. The molecule has 0 aliphatic rings. The van der Waals surface area contributed by atoms with Gasteiger partial charge in [0.05, 0.1) is 29.6 Å². The molecule has 1 unspecified atom stereocenters. The first kappa shape index (κ1) is 23.6. The molecule has 0 radical (unpaired) electrons. The van der Waals surface area contributed by atoms with E-state index in [1.807, 2.05) is 54.1 Å². The maximum atomic E-state index is 12.2. The topological polar surface area (TPSA) is 64.4 Å². The van der Waals surface area contributed by atoms with Gasteiger partial charge in [0.15, 0.2) is 0 Å². The zero-order chi connectivity index (χ0) is 25.1. The van der Waals surface area contributed by atoms with E-state index in [-0.39, 0.29) is 6.42 Å². The fraction of sp³-hybridized carbons (Fsp3) is 0.133. The smallest absolute Gasteiger partial charge is 0.311 e. The van der Waals surface area contributed by atoms with E-state index >= 15 is 0 Å². The second-order valence-electron chi connectivity index (χ2n) is 8.57. The number of aromatic nitrogens is 2. The van der Waals surface area contributed by atoms with Crippen LogP contribution in [0.25, 0.3) is 27.7 Å². The highest BCUT2D eigenvalue weighted by molar-refractivity contribution is 6.30. The van der Waals surface area contributed by atoms with Gasteiger partial charge in [0, 0.05) is 17.0 Å². The van der Waals surface area contributed by atoms with Gasteiger partial charge in [0.25, 0.3) is 0 Å². The summed E-state index contributed by atoms with van der Waals surface area (Å²) in [5.74, 6) is -0.898. The Kier molecular flexibility index (Phi) is 6.74. The minimum absolute atomic E-state index is 0.236. The molecule has 0 saturated carbocycles. The molecule has 5 nitrogen and oxygen atoms in total. The van der Waals surface area contributed by atoms with E-state index in [2.05, 4.69) is 30.3 Å². The molecule has 0 aliphatic carbocycles. The SMILES string of the molecule is CCOc1ccc(-n2nc(CC(C(=O)O)c3cccc(Cl)c3)cc2-c2ccc3ccccc3c2)cc1. The number of aliphatic carboxylic acids is 1. The molecule has 1 N–H and O–H groups in total. The first-order chi connectivity index (χ1) is 17.5. The quantitative estimate of drug-likeness (QED) is 0.247. The third-order valence-corrected chi connectivity index (χ3v) is 6.39. The summed E-state index contributed by atoms with van der Waals surface area (Å²) in [5, 5.41) is 17.6. The third kappa shape index (κ3) is 4.97. The number of carboxylic acid groups (broad SMARTS) is 1. The fourth-order valence-electron chi connectivity index (χ4n) is 4.41. The van der Waals surface area contributed by atoms with Gasteiger partial charge in [0.1, 0.15) is 5.75 Å². The normalized spacial score (nSPS) is 11.9. The van der Waals surface area contributed by atoms with Gasteiger partial charge in [0.2, 0.25) is 0 Å². The molecule has 6 heteroatoms. The Labute approximate surface area is 214 Å². The molecule has 180 valence electrons. The van der Waals surface area contributed by atoms with Crippen LogP contribution in [0.3, 0.4) is 0 Å². The van der Waals surface area contributed by atoms with Crippen molar-refractivity contribution < 1.29 is 14.6 Å². The van der Waals surface area contributed by atoms with Crippen LogP contribution in [0.5, 0.6) is 5.75 Å². The Hall–Kier alpha value is -4.09. The minimum Gasteiger partial charge on any atom is -0.494 e. The number of benzene rings is 4. The van der Waals surface area contributed by atoms with Crippen molar-refractivity contribution in [3.8, 4) is 22.7 Å². The summed E-state index contributed by atoms with van der Waals surface area (Å²) in [6.07, 6.45) is 0.236. The van der Waals surface area contributed by atoms with E-state index in [0.717, 1.165) is 33.5 Å². The summed E-state index contributed by atoms with van der Waals surface area (Å²) in [7, 11) is 0. The average Bonchev–Trinajstić information content (AvgIpc) is 3.31. The molecule has 0 amide bonds. The van der Waals surface area contributed by atoms with Crippen LogP contribution >= 0.6 is 11.6 Å². The molecular weight excluding hydrogens is 472 g/mol. The zero-order valence-electron chi connectivity index (χ0n) is 19.8. The second-order valence-corrected chi connectivity index (χ2v) is 9.01. The summed E-state index contributed by atoms with van der Waals surface area (Å²) < 4.78 is 7.46. The number of hydrogen-bond acceptors (Lipinski definition) is 3. The van der Waals surface area contributed by atoms with Gasteiger partial charge < -0.3 is 9.84 Å². The number of rotatable bonds is 8. The molecular formula is C30H25ClN2O3. The summed E-state index contributed by atoms with van der Waals surface area (Å²) in [6, 6.07) is 31.2. The lowest BCUT2D eigenvalue weighted by molar-refractivity contribution is -0.138. The molecule has 4 aromatic carbocycles. The van der Waals surface area contributed by atoms with Gasteiger partial charge in [-0.15, -0.1) is 0 Å². The van der Waals surface area contributed by atoms with Crippen molar-refractivity contribution in [3.05, 3.63) is 113 Å². The minimum atomic E-state index is -0.917. The lowest BCUT2D eigenvalue weighted by Crippen LogP contribution is -2.15. The Bertz CT molecular complexity index is 1530. The van der Waals surface area contributed by atoms with E-state index in [1.54, 1.807) is 24.3 Å². The number of ether oxygens (including phenoxy) is 1. The summed E-state index contributed by atoms with van der Waals surface area (Å²) in [6.45, 7) is 2.54. The number of hydrogen-bond donors (Lipinski definition) is 1. The van der Waals surface area contributed by atoms with E-state index < -0.39 is 11.9 Å². The van der Waals surface area contributed by atoms with Crippen molar-refractivity contribution >= 4 is 28.3 Å². The van der Waals surface area contributed by atoms with Gasteiger partial charge >= 0.3 is 5.97 Å². The number of halogens is 1. The van der Waals surface area contributed by atoms with Crippen LogP contribution in [0, 0.1) is 0 Å². The van der Waals surface area contributed by atoms with Gasteiger partial charge in [-0.2, -0.15) is 5.10 Å². The highest BCUT2D eigenvalue weighted by Gasteiger charge is 2.23. The van der Waals surface area contributed by atoms with Gasteiger partial charge in [-0.25, -0.2) is 4.68 Å². The van der Waals surface area contributed by atoms with E-state index in [4.69, 9.17) is 21.4 Å². The Morgan fingerprint density at radius 3 is 2.44 bits per heavy atom. The Balaban J connectivity index is 1.59. The van der Waals surface area contributed by atoms with Gasteiger partial charge in [-0.05, 0) is 71.8 Å².